The number of benzene rings is 4. The number of hydrogen-bond acceptors (Lipinski definition) is 8. The fourth-order valence-corrected chi connectivity index (χ4v) is 6.04. The summed E-state index contributed by atoms with van der Waals surface area (Å²) in [4.78, 5) is 50.6. The zero-order chi connectivity index (χ0) is 39.3. The van der Waals surface area contributed by atoms with E-state index in [1.54, 1.807) is 55.5 Å². The van der Waals surface area contributed by atoms with Crippen molar-refractivity contribution in [1.29, 1.82) is 0 Å². The van der Waals surface area contributed by atoms with Gasteiger partial charge in [0.2, 0.25) is 0 Å². The predicted molar refractivity (Wildman–Crippen MR) is 215 cm³/mol. The molecule has 0 saturated heterocycles. The molecule has 4 rings (SSSR count). The second kappa shape index (κ2) is 23.5. The second-order valence-electron chi connectivity index (χ2n) is 14.2. The highest BCUT2D eigenvalue weighted by molar-refractivity contribution is 5.91. The van der Waals surface area contributed by atoms with E-state index < -0.39 is 29.8 Å². The highest BCUT2D eigenvalue weighted by Gasteiger charge is 2.21. The quantitative estimate of drug-likeness (QED) is 0.0419. The van der Waals surface area contributed by atoms with Gasteiger partial charge in [0.15, 0.2) is 0 Å². The van der Waals surface area contributed by atoms with Crippen LogP contribution in [0.5, 0.6) is 23.0 Å². The van der Waals surface area contributed by atoms with E-state index in [2.05, 4.69) is 13.8 Å². The minimum atomic E-state index is -0.786. The average molecular weight is 749 g/mol. The SMILES string of the molecule is CCCCCCCCc1ccc(C(=O)Oc2ccc(OC(=O)CC(C)C(=O)Oc3ccc(OC(=O)c4ccc(CCCCCCCC)cc4)cc3)cc2)cc1. The summed E-state index contributed by atoms with van der Waals surface area (Å²) in [6.45, 7) is 6.00. The summed E-state index contributed by atoms with van der Waals surface area (Å²) in [5, 5.41) is 0. The molecule has 55 heavy (non-hydrogen) atoms. The van der Waals surface area contributed by atoms with E-state index in [4.69, 9.17) is 18.9 Å². The van der Waals surface area contributed by atoms with Crippen LogP contribution in [0.4, 0.5) is 0 Å². The average Bonchev–Trinajstić information content (AvgIpc) is 3.19. The van der Waals surface area contributed by atoms with Crippen LogP contribution in [0.15, 0.2) is 97.1 Å². The summed E-state index contributed by atoms with van der Waals surface area (Å²) in [7, 11) is 0. The van der Waals surface area contributed by atoms with Gasteiger partial charge < -0.3 is 18.9 Å². The lowest BCUT2D eigenvalue weighted by molar-refractivity contribution is -0.144. The number of carbonyl (C=O) groups excluding carboxylic acids is 4. The van der Waals surface area contributed by atoms with Crippen molar-refractivity contribution in [2.24, 2.45) is 5.92 Å². The molecule has 0 aliphatic rings. The molecule has 1 unspecified atom stereocenters. The highest BCUT2D eigenvalue weighted by atomic mass is 16.6. The first-order valence-corrected chi connectivity index (χ1v) is 20.0. The van der Waals surface area contributed by atoms with Crippen LogP contribution in [-0.4, -0.2) is 23.9 Å². The topological polar surface area (TPSA) is 105 Å². The summed E-state index contributed by atoms with van der Waals surface area (Å²) in [5.41, 5.74) is 3.31. The van der Waals surface area contributed by atoms with Crippen LogP contribution in [-0.2, 0) is 22.4 Å². The molecule has 292 valence electrons. The number of hydrogen-bond donors (Lipinski definition) is 0. The zero-order valence-corrected chi connectivity index (χ0v) is 32.7. The van der Waals surface area contributed by atoms with E-state index in [-0.39, 0.29) is 17.9 Å². The van der Waals surface area contributed by atoms with Gasteiger partial charge in [-0.15, -0.1) is 0 Å². The third-order valence-electron chi connectivity index (χ3n) is 9.41. The number of unbranched alkanes of at least 4 members (excludes halogenated alkanes) is 10. The predicted octanol–water partition coefficient (Wildman–Crippen LogP) is 11.5. The molecule has 4 aromatic rings. The van der Waals surface area contributed by atoms with Gasteiger partial charge in [0, 0.05) is 0 Å². The van der Waals surface area contributed by atoms with Crippen LogP contribution < -0.4 is 18.9 Å². The van der Waals surface area contributed by atoms with Gasteiger partial charge in [-0.1, -0.05) is 109 Å². The van der Waals surface area contributed by atoms with Crippen LogP contribution in [0.1, 0.15) is 136 Å². The number of rotatable bonds is 23. The molecule has 0 radical (unpaired) electrons. The molecule has 0 aliphatic heterocycles. The zero-order valence-electron chi connectivity index (χ0n) is 32.7. The summed E-state index contributed by atoms with van der Waals surface area (Å²) in [6, 6.07) is 27.2. The lowest BCUT2D eigenvalue weighted by atomic mass is 10.0. The first-order chi connectivity index (χ1) is 26.7. The molecule has 0 bridgehead atoms. The molecule has 0 fully saturated rings. The maximum atomic E-state index is 12.7. The molecule has 0 amide bonds. The molecule has 0 aliphatic carbocycles. The Labute approximate surface area is 326 Å². The van der Waals surface area contributed by atoms with E-state index in [1.807, 2.05) is 24.3 Å². The Balaban J connectivity index is 1.14. The van der Waals surface area contributed by atoms with Crippen molar-refractivity contribution in [3.63, 3.8) is 0 Å². The van der Waals surface area contributed by atoms with Crippen molar-refractivity contribution < 1.29 is 38.1 Å². The number of aryl methyl sites for hydroxylation is 2. The minimum absolute atomic E-state index is 0.210. The first kappa shape index (κ1) is 42.5. The molecule has 8 heteroatoms. The third-order valence-corrected chi connectivity index (χ3v) is 9.41. The van der Waals surface area contributed by atoms with Crippen LogP contribution in [0.3, 0.4) is 0 Å². The number of ether oxygens (including phenoxy) is 4. The minimum Gasteiger partial charge on any atom is -0.427 e. The van der Waals surface area contributed by atoms with Gasteiger partial charge in [-0.3, -0.25) is 9.59 Å². The molecule has 0 N–H and O–H groups in total. The summed E-state index contributed by atoms with van der Waals surface area (Å²) in [6.07, 6.45) is 16.7. The number of esters is 4. The van der Waals surface area contributed by atoms with E-state index in [1.165, 1.54) is 99.6 Å². The summed E-state index contributed by atoms with van der Waals surface area (Å²) in [5.74, 6) is -1.84. The van der Waals surface area contributed by atoms with Gasteiger partial charge in [-0.25, -0.2) is 9.59 Å². The van der Waals surface area contributed by atoms with Crippen molar-refractivity contribution in [2.75, 3.05) is 0 Å². The molecule has 1 atom stereocenters. The van der Waals surface area contributed by atoms with Crippen LogP contribution >= 0.6 is 0 Å². The van der Waals surface area contributed by atoms with Crippen molar-refractivity contribution in [2.45, 2.75) is 117 Å². The lowest BCUT2D eigenvalue weighted by Crippen LogP contribution is -2.23. The van der Waals surface area contributed by atoms with Gasteiger partial charge >= 0.3 is 23.9 Å². The van der Waals surface area contributed by atoms with Gasteiger partial charge in [0.05, 0.1) is 23.5 Å². The van der Waals surface area contributed by atoms with E-state index in [9.17, 15) is 19.2 Å². The lowest BCUT2D eigenvalue weighted by Gasteiger charge is -2.12. The Morgan fingerprint density at radius 1 is 0.436 bits per heavy atom. The Kier molecular flexibility index (Phi) is 18.2. The van der Waals surface area contributed by atoms with Gasteiger partial charge in [0.25, 0.3) is 0 Å². The van der Waals surface area contributed by atoms with E-state index >= 15 is 0 Å². The highest BCUT2D eigenvalue weighted by Crippen LogP contribution is 2.23. The Bertz CT molecular complexity index is 1760. The van der Waals surface area contributed by atoms with Crippen LogP contribution in [0.2, 0.25) is 0 Å². The summed E-state index contributed by atoms with van der Waals surface area (Å²) < 4.78 is 21.8. The molecular formula is C47H56O8. The largest absolute Gasteiger partial charge is 0.427 e. The maximum Gasteiger partial charge on any atom is 0.343 e. The van der Waals surface area contributed by atoms with E-state index in [0.717, 1.165) is 25.7 Å². The van der Waals surface area contributed by atoms with Crippen molar-refractivity contribution in [1.82, 2.24) is 0 Å². The standard InChI is InChI=1S/C47H56O8/c1-4-6-8-10-12-14-16-36-18-22-38(23-19-36)46(50)54-42-28-26-40(27-29-42)52-44(48)34-35(3)45(49)53-41-30-32-43(33-31-41)55-47(51)39-24-20-37(21-25-39)17-15-13-11-9-7-5-2/h18-33,35H,4-17,34H2,1-3H3. The molecule has 8 nitrogen and oxygen atoms in total. The fraction of sp³-hybridized carbons (Fsp3) is 0.404. The molecule has 0 saturated carbocycles. The van der Waals surface area contributed by atoms with Gasteiger partial charge in [-0.05, 0) is 110 Å². The second-order valence-corrected chi connectivity index (χ2v) is 14.2. The fourth-order valence-electron chi connectivity index (χ4n) is 6.04. The van der Waals surface area contributed by atoms with Gasteiger partial charge in [0.1, 0.15) is 23.0 Å². The first-order valence-electron chi connectivity index (χ1n) is 20.0. The van der Waals surface area contributed by atoms with Crippen molar-refractivity contribution in [3.05, 3.63) is 119 Å². The third kappa shape index (κ3) is 15.6. The molecule has 4 aromatic carbocycles. The van der Waals surface area contributed by atoms with Crippen LogP contribution in [0, 0.1) is 5.92 Å². The molecule has 0 heterocycles. The monoisotopic (exact) mass is 748 g/mol. The van der Waals surface area contributed by atoms with E-state index in [0.29, 0.717) is 22.6 Å². The van der Waals surface area contributed by atoms with Crippen molar-refractivity contribution >= 4 is 23.9 Å². The Hall–Kier alpha value is -5.24. The Morgan fingerprint density at radius 3 is 1.18 bits per heavy atom. The summed E-state index contributed by atoms with van der Waals surface area (Å²) >= 11 is 0. The van der Waals surface area contributed by atoms with Crippen molar-refractivity contribution in [3.8, 4) is 23.0 Å². The molecular weight excluding hydrogens is 693 g/mol. The normalized spacial score (nSPS) is 11.4. The Morgan fingerprint density at radius 2 is 0.782 bits per heavy atom. The number of carbonyl (C=O) groups is 4. The smallest absolute Gasteiger partial charge is 0.343 e. The van der Waals surface area contributed by atoms with Crippen LogP contribution in [0.25, 0.3) is 0 Å². The van der Waals surface area contributed by atoms with Gasteiger partial charge in [-0.2, -0.15) is 0 Å². The maximum absolute atomic E-state index is 12.7. The molecule has 0 aromatic heterocycles. The molecule has 0 spiro atoms.